The first-order valence-electron chi connectivity index (χ1n) is 3.45. The Morgan fingerprint density at radius 1 is 1.54 bits per heavy atom. The summed E-state index contributed by atoms with van der Waals surface area (Å²) in [4.78, 5) is 3.19. The van der Waals surface area contributed by atoms with Gasteiger partial charge in [-0.05, 0) is 6.07 Å². The van der Waals surface area contributed by atoms with Crippen LogP contribution < -0.4 is 0 Å². The fraction of sp³-hybridized carbons (Fsp3) is 0.250. The van der Waals surface area contributed by atoms with Crippen LogP contribution in [0.15, 0.2) is 12.3 Å². The van der Waals surface area contributed by atoms with Gasteiger partial charge in [0.15, 0.2) is 5.82 Å². The summed E-state index contributed by atoms with van der Waals surface area (Å²) in [5, 5.41) is 8.25. The van der Waals surface area contributed by atoms with E-state index in [9.17, 15) is 13.2 Å². The van der Waals surface area contributed by atoms with Crippen LogP contribution in [0.25, 0.3) is 0 Å². The minimum Gasteiger partial charge on any atom is -0.252 e. The molecule has 0 spiro atoms. The van der Waals surface area contributed by atoms with Crippen molar-refractivity contribution in [3.05, 3.63) is 29.3 Å². The molecule has 13 heavy (non-hydrogen) atoms. The lowest BCUT2D eigenvalue weighted by atomic mass is 10.1. The maximum absolute atomic E-state index is 13.0. The van der Waals surface area contributed by atoms with Gasteiger partial charge in [0.2, 0.25) is 0 Å². The van der Waals surface area contributed by atoms with Gasteiger partial charge in [-0.25, -0.2) is 13.2 Å². The highest BCUT2D eigenvalue weighted by Gasteiger charge is 2.17. The standard InChI is InChI=1S/C8H5F3N2/c9-6-5(1-3-12)2-4-13-7(6)8(10)11/h2,4,8H,1H2. The first-order valence-corrected chi connectivity index (χ1v) is 3.45. The van der Waals surface area contributed by atoms with Crippen LogP contribution in [0.1, 0.15) is 17.7 Å². The third-order valence-corrected chi connectivity index (χ3v) is 1.47. The summed E-state index contributed by atoms with van der Waals surface area (Å²) >= 11 is 0. The molecule has 0 amide bonds. The van der Waals surface area contributed by atoms with Crippen molar-refractivity contribution in [3.8, 4) is 6.07 Å². The van der Waals surface area contributed by atoms with Crippen LogP contribution in [0.2, 0.25) is 0 Å². The fourth-order valence-corrected chi connectivity index (χ4v) is 0.876. The summed E-state index contributed by atoms with van der Waals surface area (Å²) in [6.45, 7) is 0. The molecule has 0 atom stereocenters. The highest BCUT2D eigenvalue weighted by Crippen LogP contribution is 2.21. The molecule has 1 heterocycles. The van der Waals surface area contributed by atoms with E-state index in [2.05, 4.69) is 4.98 Å². The van der Waals surface area contributed by atoms with Crippen LogP contribution in [0.5, 0.6) is 0 Å². The Hall–Kier alpha value is -1.57. The van der Waals surface area contributed by atoms with Gasteiger partial charge < -0.3 is 0 Å². The number of alkyl halides is 2. The van der Waals surface area contributed by atoms with Gasteiger partial charge in [0.05, 0.1) is 12.5 Å². The highest BCUT2D eigenvalue weighted by atomic mass is 19.3. The molecule has 0 bridgehead atoms. The van der Waals surface area contributed by atoms with Crippen molar-refractivity contribution in [1.82, 2.24) is 4.98 Å². The molecule has 0 saturated carbocycles. The summed E-state index contributed by atoms with van der Waals surface area (Å²) in [7, 11) is 0. The van der Waals surface area contributed by atoms with Crippen molar-refractivity contribution in [2.24, 2.45) is 0 Å². The first-order chi connectivity index (χ1) is 6.16. The number of aromatic nitrogens is 1. The van der Waals surface area contributed by atoms with Crippen molar-refractivity contribution < 1.29 is 13.2 Å². The molecule has 0 radical (unpaired) electrons. The number of rotatable bonds is 2. The lowest BCUT2D eigenvalue weighted by Gasteiger charge is -2.02. The summed E-state index contributed by atoms with van der Waals surface area (Å²) < 4.78 is 37.1. The fourth-order valence-electron chi connectivity index (χ4n) is 0.876. The summed E-state index contributed by atoms with van der Waals surface area (Å²) in [6, 6.07) is 2.89. The molecule has 1 rings (SSSR count). The van der Waals surface area contributed by atoms with Gasteiger partial charge >= 0.3 is 0 Å². The van der Waals surface area contributed by atoms with Crippen molar-refractivity contribution in [2.75, 3.05) is 0 Å². The van der Waals surface area contributed by atoms with E-state index in [1.54, 1.807) is 6.07 Å². The molecule has 0 saturated heterocycles. The molecule has 5 heteroatoms. The van der Waals surface area contributed by atoms with E-state index in [0.717, 1.165) is 6.20 Å². The Morgan fingerprint density at radius 2 is 2.23 bits per heavy atom. The van der Waals surface area contributed by atoms with Crippen LogP contribution in [0.3, 0.4) is 0 Å². The predicted molar refractivity (Wildman–Crippen MR) is 38.5 cm³/mol. The van der Waals surface area contributed by atoms with E-state index in [1.807, 2.05) is 0 Å². The third kappa shape index (κ3) is 1.96. The molecule has 0 aliphatic rings. The summed E-state index contributed by atoms with van der Waals surface area (Å²) in [6.07, 6.45) is -2.11. The number of hydrogen-bond acceptors (Lipinski definition) is 2. The quantitative estimate of drug-likeness (QED) is 0.710. The van der Waals surface area contributed by atoms with E-state index in [4.69, 9.17) is 5.26 Å². The Morgan fingerprint density at radius 3 is 2.77 bits per heavy atom. The zero-order chi connectivity index (χ0) is 9.84. The Labute approximate surface area is 72.6 Å². The van der Waals surface area contributed by atoms with Crippen LogP contribution in [-0.2, 0) is 6.42 Å². The van der Waals surface area contributed by atoms with Gasteiger partial charge in [0.25, 0.3) is 6.43 Å². The molecule has 0 N–H and O–H groups in total. The first kappa shape index (κ1) is 9.52. The van der Waals surface area contributed by atoms with Gasteiger partial charge in [-0.2, -0.15) is 5.26 Å². The second kappa shape index (κ2) is 3.90. The average Bonchev–Trinajstić information content (AvgIpc) is 2.08. The van der Waals surface area contributed by atoms with Gasteiger partial charge in [0, 0.05) is 11.8 Å². The highest BCUT2D eigenvalue weighted by molar-refractivity contribution is 5.22. The second-order valence-electron chi connectivity index (χ2n) is 2.30. The molecule has 1 aromatic heterocycles. The number of nitrogens with zero attached hydrogens (tertiary/aromatic N) is 2. The lowest BCUT2D eigenvalue weighted by molar-refractivity contribution is 0.140. The van der Waals surface area contributed by atoms with Gasteiger partial charge in [0.1, 0.15) is 5.69 Å². The minimum atomic E-state index is -2.95. The van der Waals surface area contributed by atoms with Crippen molar-refractivity contribution >= 4 is 0 Å². The summed E-state index contributed by atoms with van der Waals surface area (Å²) in [5.41, 5.74) is -0.944. The lowest BCUT2D eigenvalue weighted by Crippen LogP contribution is -1.99. The van der Waals surface area contributed by atoms with E-state index < -0.39 is 17.9 Å². The van der Waals surface area contributed by atoms with Crippen molar-refractivity contribution in [2.45, 2.75) is 12.8 Å². The van der Waals surface area contributed by atoms with E-state index >= 15 is 0 Å². The van der Waals surface area contributed by atoms with Gasteiger partial charge in [-0.15, -0.1) is 0 Å². The predicted octanol–water partition coefficient (Wildman–Crippen LogP) is 2.22. The smallest absolute Gasteiger partial charge is 0.252 e. The zero-order valence-corrected chi connectivity index (χ0v) is 6.47. The zero-order valence-electron chi connectivity index (χ0n) is 6.47. The number of hydrogen-bond donors (Lipinski definition) is 0. The van der Waals surface area contributed by atoms with Gasteiger partial charge in [-0.1, -0.05) is 0 Å². The molecule has 68 valence electrons. The average molecular weight is 186 g/mol. The van der Waals surface area contributed by atoms with E-state index in [0.29, 0.717) is 0 Å². The maximum atomic E-state index is 13.0. The molecule has 1 aromatic rings. The number of pyridine rings is 1. The normalized spacial score (nSPS) is 10.1. The molecule has 0 aliphatic carbocycles. The molecule has 0 unspecified atom stereocenters. The third-order valence-electron chi connectivity index (χ3n) is 1.47. The van der Waals surface area contributed by atoms with Crippen molar-refractivity contribution in [1.29, 1.82) is 5.26 Å². The topological polar surface area (TPSA) is 36.7 Å². The molecule has 0 aromatic carbocycles. The monoisotopic (exact) mass is 186 g/mol. The minimum absolute atomic E-state index is 0.0483. The second-order valence-corrected chi connectivity index (χ2v) is 2.30. The number of halogens is 3. The van der Waals surface area contributed by atoms with E-state index in [1.165, 1.54) is 6.07 Å². The molecule has 2 nitrogen and oxygen atoms in total. The molecular formula is C8H5F3N2. The molecule has 0 aliphatic heterocycles. The molecular weight excluding hydrogens is 181 g/mol. The van der Waals surface area contributed by atoms with Crippen LogP contribution in [-0.4, -0.2) is 4.98 Å². The van der Waals surface area contributed by atoms with Crippen LogP contribution >= 0.6 is 0 Å². The van der Waals surface area contributed by atoms with Crippen molar-refractivity contribution in [3.63, 3.8) is 0 Å². The summed E-state index contributed by atoms with van der Waals surface area (Å²) in [5.74, 6) is -1.08. The van der Waals surface area contributed by atoms with E-state index in [-0.39, 0.29) is 12.0 Å². The maximum Gasteiger partial charge on any atom is 0.283 e. The van der Waals surface area contributed by atoms with Crippen LogP contribution in [0.4, 0.5) is 13.2 Å². The Balaban J connectivity index is 3.12. The molecule has 0 fully saturated rings. The van der Waals surface area contributed by atoms with Crippen LogP contribution in [0, 0.1) is 17.1 Å². The Kier molecular flexibility index (Phi) is 2.85. The number of nitriles is 1. The largest absolute Gasteiger partial charge is 0.283 e. The Bertz CT molecular complexity index is 344. The van der Waals surface area contributed by atoms with Gasteiger partial charge in [-0.3, -0.25) is 4.98 Å². The SMILES string of the molecule is N#CCc1ccnc(C(F)F)c1F.